The number of aromatic amines is 1. The molecule has 0 saturated carbocycles. The lowest BCUT2D eigenvalue weighted by Gasteiger charge is -1.96. The summed E-state index contributed by atoms with van der Waals surface area (Å²) in [5.74, 6) is -2.25. The van der Waals surface area contributed by atoms with Crippen molar-refractivity contribution in [3.63, 3.8) is 0 Å². The van der Waals surface area contributed by atoms with Crippen LogP contribution in [0, 0.1) is 0 Å². The van der Waals surface area contributed by atoms with Crippen molar-refractivity contribution >= 4 is 34.3 Å². The van der Waals surface area contributed by atoms with Gasteiger partial charge in [-0.05, 0) is 11.6 Å². The van der Waals surface area contributed by atoms with Crippen LogP contribution in [0.25, 0.3) is 10.9 Å². The van der Waals surface area contributed by atoms with Crippen molar-refractivity contribution < 1.29 is 14.7 Å². The van der Waals surface area contributed by atoms with E-state index in [0.29, 0.717) is 10.6 Å². The maximum Gasteiger partial charge on any atom is 0.372 e. The molecule has 1 aromatic carbocycles. The summed E-state index contributed by atoms with van der Waals surface area (Å²) in [6.45, 7) is 0. The number of benzene rings is 1. The van der Waals surface area contributed by atoms with Gasteiger partial charge in [0.15, 0.2) is 0 Å². The van der Waals surface area contributed by atoms with Gasteiger partial charge < -0.3 is 10.1 Å². The Hall–Kier alpha value is -1.81. The predicted octanol–water partition coefficient (Wildman–Crippen LogP) is 2.02. The zero-order valence-corrected chi connectivity index (χ0v) is 8.91. The number of carbonyl (C=O) groups is 2. The lowest BCUT2D eigenvalue weighted by atomic mass is 10.1. The molecule has 2 N–H and O–H groups in total. The van der Waals surface area contributed by atoms with Gasteiger partial charge in [-0.15, -0.1) is 0 Å². The number of carboxylic acids is 1. The van der Waals surface area contributed by atoms with Gasteiger partial charge in [-0.25, -0.2) is 4.79 Å². The Labute approximate surface area is 95.8 Å². The van der Waals surface area contributed by atoms with E-state index in [2.05, 4.69) is 4.98 Å². The number of ketones is 1. The number of aromatic nitrogens is 1. The average molecular weight is 238 g/mol. The average Bonchev–Trinajstić information content (AvgIpc) is 2.63. The molecule has 4 nitrogen and oxygen atoms in total. The van der Waals surface area contributed by atoms with E-state index in [-0.39, 0.29) is 6.42 Å². The SMILES string of the molecule is O=C(O)C(=O)Cc1c[nH]c2c(Cl)cccc12. The summed E-state index contributed by atoms with van der Waals surface area (Å²) in [6.07, 6.45) is 1.48. The van der Waals surface area contributed by atoms with Gasteiger partial charge in [-0.2, -0.15) is 0 Å². The fourth-order valence-electron chi connectivity index (χ4n) is 1.57. The highest BCUT2D eigenvalue weighted by molar-refractivity contribution is 6.35. The van der Waals surface area contributed by atoms with Crippen LogP contribution in [0.15, 0.2) is 24.4 Å². The molecule has 82 valence electrons. The number of hydrogen-bond donors (Lipinski definition) is 2. The summed E-state index contributed by atoms with van der Waals surface area (Å²) in [6, 6.07) is 5.28. The molecule has 0 unspecified atom stereocenters. The Morgan fingerprint density at radius 3 is 2.81 bits per heavy atom. The first-order valence-electron chi connectivity index (χ1n) is 4.60. The molecule has 5 heteroatoms. The summed E-state index contributed by atoms with van der Waals surface area (Å²) < 4.78 is 0. The Balaban J connectivity index is 2.43. The van der Waals surface area contributed by atoms with Crippen molar-refractivity contribution in [2.24, 2.45) is 0 Å². The van der Waals surface area contributed by atoms with E-state index >= 15 is 0 Å². The van der Waals surface area contributed by atoms with E-state index in [1.807, 2.05) is 0 Å². The maximum atomic E-state index is 11.1. The number of fused-ring (bicyclic) bond motifs is 1. The Bertz CT molecular complexity index is 574. The van der Waals surface area contributed by atoms with E-state index in [1.165, 1.54) is 0 Å². The first kappa shape index (κ1) is 10.7. The molecule has 0 atom stereocenters. The van der Waals surface area contributed by atoms with Crippen molar-refractivity contribution in [2.45, 2.75) is 6.42 Å². The van der Waals surface area contributed by atoms with Crippen molar-refractivity contribution in [3.8, 4) is 0 Å². The zero-order chi connectivity index (χ0) is 11.7. The largest absolute Gasteiger partial charge is 0.475 e. The number of para-hydroxylation sites is 1. The molecular weight excluding hydrogens is 230 g/mol. The van der Waals surface area contributed by atoms with Crippen LogP contribution in [0.1, 0.15) is 5.56 Å². The highest BCUT2D eigenvalue weighted by Crippen LogP contribution is 2.25. The third-order valence-corrected chi connectivity index (χ3v) is 2.65. The normalized spacial score (nSPS) is 10.6. The van der Waals surface area contributed by atoms with Crippen LogP contribution in [-0.4, -0.2) is 21.8 Å². The predicted molar refractivity (Wildman–Crippen MR) is 59.7 cm³/mol. The number of H-pyrrole nitrogens is 1. The minimum Gasteiger partial charge on any atom is -0.475 e. The number of Topliss-reactive ketones (excluding diaryl/α,β-unsaturated/α-hetero) is 1. The summed E-state index contributed by atoms with van der Waals surface area (Å²) >= 11 is 5.94. The molecule has 2 rings (SSSR count). The van der Waals surface area contributed by atoms with E-state index < -0.39 is 11.8 Å². The van der Waals surface area contributed by atoms with Crippen LogP contribution >= 0.6 is 11.6 Å². The first-order valence-corrected chi connectivity index (χ1v) is 4.98. The van der Waals surface area contributed by atoms with Crippen molar-refractivity contribution in [1.82, 2.24) is 4.98 Å². The molecule has 0 aliphatic rings. The van der Waals surface area contributed by atoms with Gasteiger partial charge in [0, 0.05) is 18.0 Å². The lowest BCUT2D eigenvalue weighted by Crippen LogP contribution is -2.14. The molecule has 0 aliphatic carbocycles. The van der Waals surface area contributed by atoms with Gasteiger partial charge >= 0.3 is 5.97 Å². The van der Waals surface area contributed by atoms with Crippen LogP contribution in [0.3, 0.4) is 0 Å². The fourth-order valence-corrected chi connectivity index (χ4v) is 1.80. The van der Waals surface area contributed by atoms with Crippen LogP contribution in [0.5, 0.6) is 0 Å². The molecule has 0 bridgehead atoms. The van der Waals surface area contributed by atoms with Crippen LogP contribution in [0.2, 0.25) is 5.02 Å². The molecule has 0 fully saturated rings. The van der Waals surface area contributed by atoms with Gasteiger partial charge in [0.2, 0.25) is 5.78 Å². The zero-order valence-electron chi connectivity index (χ0n) is 8.16. The van der Waals surface area contributed by atoms with E-state index in [1.54, 1.807) is 24.4 Å². The summed E-state index contributed by atoms with van der Waals surface area (Å²) in [7, 11) is 0. The summed E-state index contributed by atoms with van der Waals surface area (Å²) in [5, 5.41) is 9.85. The standard InChI is InChI=1S/C11H8ClNO3/c12-8-3-1-2-7-6(5-13-10(7)8)4-9(14)11(15)16/h1-3,5,13H,4H2,(H,15,16). The number of rotatable bonds is 3. The second-order valence-electron chi connectivity index (χ2n) is 3.38. The summed E-state index contributed by atoms with van der Waals surface area (Å²) in [4.78, 5) is 24.5. The number of nitrogens with one attached hydrogen (secondary N) is 1. The third-order valence-electron chi connectivity index (χ3n) is 2.34. The second kappa shape index (κ2) is 3.98. The van der Waals surface area contributed by atoms with Crippen molar-refractivity contribution in [3.05, 3.63) is 35.0 Å². The van der Waals surface area contributed by atoms with Gasteiger partial charge in [-0.3, -0.25) is 4.79 Å². The topological polar surface area (TPSA) is 70.2 Å². The molecule has 0 amide bonds. The Morgan fingerprint density at radius 1 is 1.38 bits per heavy atom. The molecule has 1 heterocycles. The quantitative estimate of drug-likeness (QED) is 0.803. The molecule has 2 aromatic rings. The third kappa shape index (κ3) is 1.79. The van der Waals surface area contributed by atoms with E-state index in [4.69, 9.17) is 16.7 Å². The molecule has 0 spiro atoms. The van der Waals surface area contributed by atoms with Gasteiger partial charge in [0.05, 0.1) is 10.5 Å². The lowest BCUT2D eigenvalue weighted by molar-refractivity contribution is -0.148. The molecule has 16 heavy (non-hydrogen) atoms. The highest BCUT2D eigenvalue weighted by Gasteiger charge is 2.15. The molecule has 0 radical (unpaired) electrons. The number of halogens is 1. The maximum absolute atomic E-state index is 11.1. The van der Waals surface area contributed by atoms with Gasteiger partial charge in [-0.1, -0.05) is 23.7 Å². The van der Waals surface area contributed by atoms with Crippen molar-refractivity contribution in [2.75, 3.05) is 0 Å². The van der Waals surface area contributed by atoms with Crippen LogP contribution < -0.4 is 0 Å². The smallest absolute Gasteiger partial charge is 0.372 e. The second-order valence-corrected chi connectivity index (χ2v) is 3.79. The minimum atomic E-state index is -1.42. The number of hydrogen-bond acceptors (Lipinski definition) is 2. The monoisotopic (exact) mass is 237 g/mol. The van der Waals surface area contributed by atoms with Crippen molar-refractivity contribution in [1.29, 1.82) is 0 Å². The molecular formula is C11H8ClNO3. The molecule has 1 aromatic heterocycles. The fraction of sp³-hybridized carbons (Fsp3) is 0.0909. The van der Waals surface area contributed by atoms with Gasteiger partial charge in [0.1, 0.15) is 0 Å². The number of carboxylic acid groups (broad SMARTS) is 1. The van der Waals surface area contributed by atoms with Gasteiger partial charge in [0.25, 0.3) is 0 Å². The molecule has 0 aliphatic heterocycles. The van der Waals surface area contributed by atoms with Crippen LogP contribution in [-0.2, 0) is 16.0 Å². The summed E-state index contributed by atoms with van der Waals surface area (Å²) in [5.41, 5.74) is 1.36. The Kier molecular flexibility index (Phi) is 2.66. The Morgan fingerprint density at radius 2 is 2.12 bits per heavy atom. The van der Waals surface area contributed by atoms with E-state index in [0.717, 1.165) is 10.9 Å². The van der Waals surface area contributed by atoms with E-state index in [9.17, 15) is 9.59 Å². The minimum absolute atomic E-state index is 0.129. The molecule has 0 saturated heterocycles. The first-order chi connectivity index (χ1) is 7.59. The number of carbonyl (C=O) groups excluding carboxylic acids is 1. The highest BCUT2D eigenvalue weighted by atomic mass is 35.5. The number of aliphatic carboxylic acids is 1. The van der Waals surface area contributed by atoms with Crippen LogP contribution in [0.4, 0.5) is 0 Å².